The molecule has 0 saturated carbocycles. The van der Waals surface area contributed by atoms with Crippen LogP contribution in [0.1, 0.15) is 39.7 Å². The molecule has 1 aromatic carbocycles. The van der Waals surface area contributed by atoms with Gasteiger partial charge >= 0.3 is 0 Å². The minimum Gasteiger partial charge on any atom is -0.303 e. The highest BCUT2D eigenvalue weighted by molar-refractivity contribution is 5.32. The molecule has 0 radical (unpaired) electrons. The van der Waals surface area contributed by atoms with Crippen molar-refractivity contribution < 1.29 is 0 Å². The topological polar surface area (TPSA) is 39.1 Å². The van der Waals surface area contributed by atoms with Crippen LogP contribution in [-0.4, -0.2) is 31.1 Å². The zero-order valence-electron chi connectivity index (χ0n) is 14.1. The SMILES string of the molecule is CCC(C)CN(C)CC(C#N)(NC(C)C)c1ccccc1. The molecule has 0 aliphatic carbocycles. The van der Waals surface area contributed by atoms with Crippen molar-refractivity contribution in [1.82, 2.24) is 10.2 Å². The van der Waals surface area contributed by atoms with Crippen molar-refractivity contribution in [2.24, 2.45) is 5.92 Å². The van der Waals surface area contributed by atoms with Gasteiger partial charge in [-0.25, -0.2) is 0 Å². The molecular formula is C18H29N3. The minimum atomic E-state index is -0.655. The summed E-state index contributed by atoms with van der Waals surface area (Å²) < 4.78 is 0. The highest BCUT2D eigenvalue weighted by Crippen LogP contribution is 2.23. The number of nitriles is 1. The summed E-state index contributed by atoms with van der Waals surface area (Å²) in [4.78, 5) is 2.26. The summed E-state index contributed by atoms with van der Waals surface area (Å²) in [6.45, 7) is 10.3. The third kappa shape index (κ3) is 5.15. The molecule has 0 amide bonds. The molecule has 0 bridgehead atoms. The van der Waals surface area contributed by atoms with Gasteiger partial charge in [-0.3, -0.25) is 5.32 Å². The van der Waals surface area contributed by atoms with Gasteiger partial charge in [-0.05, 0) is 32.4 Å². The largest absolute Gasteiger partial charge is 0.303 e. The molecule has 3 nitrogen and oxygen atoms in total. The summed E-state index contributed by atoms with van der Waals surface area (Å²) in [5.41, 5.74) is 0.384. The summed E-state index contributed by atoms with van der Waals surface area (Å²) in [6.07, 6.45) is 1.16. The Kier molecular flexibility index (Phi) is 6.87. The van der Waals surface area contributed by atoms with Crippen LogP contribution in [0.5, 0.6) is 0 Å². The standard InChI is InChI=1S/C18H29N3/c1-6-16(4)12-21(5)14-18(13-19,20-15(2)3)17-10-8-7-9-11-17/h7-11,15-16,20H,6,12,14H2,1-5H3. The molecule has 1 aromatic rings. The number of likely N-dealkylation sites (N-methyl/N-ethyl adjacent to an activating group) is 1. The van der Waals surface area contributed by atoms with E-state index < -0.39 is 5.54 Å². The molecule has 2 unspecified atom stereocenters. The molecule has 116 valence electrons. The highest BCUT2D eigenvalue weighted by Gasteiger charge is 2.34. The average Bonchev–Trinajstić information content (AvgIpc) is 2.46. The predicted molar refractivity (Wildman–Crippen MR) is 89.0 cm³/mol. The third-order valence-corrected chi connectivity index (χ3v) is 3.82. The Labute approximate surface area is 130 Å². The number of hydrogen-bond donors (Lipinski definition) is 1. The van der Waals surface area contributed by atoms with Crippen LogP contribution in [0.4, 0.5) is 0 Å². The fraction of sp³-hybridized carbons (Fsp3) is 0.611. The van der Waals surface area contributed by atoms with Gasteiger partial charge in [0.25, 0.3) is 0 Å². The summed E-state index contributed by atoms with van der Waals surface area (Å²) in [5.74, 6) is 0.640. The molecule has 1 N–H and O–H groups in total. The number of hydrogen-bond acceptors (Lipinski definition) is 3. The molecule has 2 atom stereocenters. The second-order valence-electron chi connectivity index (χ2n) is 6.39. The van der Waals surface area contributed by atoms with Crippen LogP contribution in [0.2, 0.25) is 0 Å². The van der Waals surface area contributed by atoms with Crippen molar-refractivity contribution in [3.05, 3.63) is 35.9 Å². The van der Waals surface area contributed by atoms with Gasteiger partial charge in [0.2, 0.25) is 0 Å². The normalized spacial score (nSPS) is 15.7. The molecular weight excluding hydrogens is 258 g/mol. The molecule has 0 spiro atoms. The Balaban J connectivity index is 3.00. The van der Waals surface area contributed by atoms with Crippen LogP contribution < -0.4 is 5.32 Å². The number of rotatable bonds is 8. The second-order valence-corrected chi connectivity index (χ2v) is 6.39. The first-order valence-electron chi connectivity index (χ1n) is 7.86. The third-order valence-electron chi connectivity index (χ3n) is 3.82. The van der Waals surface area contributed by atoms with E-state index in [1.54, 1.807) is 0 Å². The van der Waals surface area contributed by atoms with E-state index >= 15 is 0 Å². The van der Waals surface area contributed by atoms with Gasteiger partial charge in [0, 0.05) is 19.1 Å². The molecule has 1 rings (SSSR count). The Morgan fingerprint density at radius 3 is 2.33 bits per heavy atom. The molecule has 0 heterocycles. The monoisotopic (exact) mass is 287 g/mol. The Morgan fingerprint density at radius 1 is 1.24 bits per heavy atom. The average molecular weight is 287 g/mol. The van der Waals surface area contributed by atoms with Crippen LogP contribution in [0.25, 0.3) is 0 Å². The van der Waals surface area contributed by atoms with E-state index in [9.17, 15) is 5.26 Å². The van der Waals surface area contributed by atoms with Gasteiger partial charge < -0.3 is 4.90 Å². The fourth-order valence-electron chi connectivity index (χ4n) is 2.70. The van der Waals surface area contributed by atoms with Crippen molar-refractivity contribution in [2.45, 2.75) is 45.7 Å². The Hall–Kier alpha value is -1.37. The lowest BCUT2D eigenvalue weighted by atomic mass is 9.89. The molecule has 0 aliphatic rings. The van der Waals surface area contributed by atoms with E-state index in [1.165, 1.54) is 0 Å². The Bertz CT molecular complexity index is 449. The zero-order chi connectivity index (χ0) is 15.9. The zero-order valence-corrected chi connectivity index (χ0v) is 14.1. The second kappa shape index (κ2) is 8.17. The number of nitrogens with zero attached hydrogens (tertiary/aromatic N) is 2. The molecule has 21 heavy (non-hydrogen) atoms. The first kappa shape index (κ1) is 17.7. The fourth-order valence-corrected chi connectivity index (χ4v) is 2.70. The molecule has 0 aromatic heterocycles. The van der Waals surface area contributed by atoms with Crippen LogP contribution in [-0.2, 0) is 5.54 Å². The molecule has 0 aliphatic heterocycles. The van der Waals surface area contributed by atoms with Crippen molar-refractivity contribution in [2.75, 3.05) is 20.1 Å². The van der Waals surface area contributed by atoms with Crippen molar-refractivity contribution in [1.29, 1.82) is 5.26 Å². The molecule has 0 saturated heterocycles. The van der Waals surface area contributed by atoms with Crippen LogP contribution in [0.3, 0.4) is 0 Å². The molecule has 0 fully saturated rings. The quantitative estimate of drug-likeness (QED) is 0.796. The Morgan fingerprint density at radius 2 is 1.86 bits per heavy atom. The highest BCUT2D eigenvalue weighted by atomic mass is 15.2. The number of nitrogens with one attached hydrogen (secondary N) is 1. The van der Waals surface area contributed by atoms with Gasteiger partial charge in [-0.2, -0.15) is 5.26 Å². The summed E-state index contributed by atoms with van der Waals surface area (Å²) in [6, 6.07) is 12.8. The van der Waals surface area contributed by atoms with Gasteiger partial charge in [0.15, 0.2) is 0 Å². The predicted octanol–water partition coefficient (Wildman–Crippen LogP) is 3.38. The van der Waals surface area contributed by atoms with Crippen molar-refractivity contribution in [3.63, 3.8) is 0 Å². The van der Waals surface area contributed by atoms with E-state index in [0.717, 1.165) is 18.5 Å². The van der Waals surface area contributed by atoms with E-state index in [-0.39, 0.29) is 6.04 Å². The number of benzene rings is 1. The first-order chi connectivity index (χ1) is 9.93. The van der Waals surface area contributed by atoms with E-state index in [0.29, 0.717) is 12.5 Å². The van der Waals surface area contributed by atoms with Crippen LogP contribution in [0, 0.1) is 17.2 Å². The van der Waals surface area contributed by atoms with E-state index in [2.05, 4.69) is 51.0 Å². The van der Waals surface area contributed by atoms with Crippen LogP contribution in [0.15, 0.2) is 30.3 Å². The maximum Gasteiger partial charge on any atom is 0.145 e. The van der Waals surface area contributed by atoms with Gasteiger partial charge in [-0.15, -0.1) is 0 Å². The summed E-state index contributed by atoms with van der Waals surface area (Å²) in [7, 11) is 2.10. The van der Waals surface area contributed by atoms with E-state index in [4.69, 9.17) is 0 Å². The smallest absolute Gasteiger partial charge is 0.145 e. The maximum absolute atomic E-state index is 9.88. The van der Waals surface area contributed by atoms with Gasteiger partial charge in [0.05, 0.1) is 6.07 Å². The first-order valence-corrected chi connectivity index (χ1v) is 7.86. The lowest BCUT2D eigenvalue weighted by molar-refractivity contribution is 0.214. The summed E-state index contributed by atoms with van der Waals surface area (Å²) in [5, 5.41) is 13.4. The lowest BCUT2D eigenvalue weighted by Crippen LogP contribution is -2.52. The van der Waals surface area contributed by atoms with E-state index in [1.807, 2.05) is 30.3 Å². The van der Waals surface area contributed by atoms with Crippen LogP contribution >= 0.6 is 0 Å². The van der Waals surface area contributed by atoms with Gasteiger partial charge in [0.1, 0.15) is 5.54 Å². The minimum absolute atomic E-state index is 0.252. The molecule has 3 heteroatoms. The van der Waals surface area contributed by atoms with Crippen molar-refractivity contribution >= 4 is 0 Å². The lowest BCUT2D eigenvalue weighted by Gasteiger charge is -2.35. The van der Waals surface area contributed by atoms with Gasteiger partial charge in [-0.1, -0.05) is 50.6 Å². The summed E-state index contributed by atoms with van der Waals surface area (Å²) >= 11 is 0. The maximum atomic E-state index is 9.88. The van der Waals surface area contributed by atoms with Crippen molar-refractivity contribution in [3.8, 4) is 6.07 Å².